The summed E-state index contributed by atoms with van der Waals surface area (Å²) in [6.07, 6.45) is 0.217. The number of aliphatic carboxylic acids is 1. The van der Waals surface area contributed by atoms with Crippen LogP contribution in [0, 0.1) is 36.5 Å². The molecular weight excluding hydrogens is 580 g/mol. The number of esters is 1. The molecule has 0 aromatic heterocycles. The van der Waals surface area contributed by atoms with Gasteiger partial charge in [-0.15, -0.1) is 11.8 Å². The standard InChI is InChI=1S/C26H32O4.C13H14O3/c1-6-7-22(15-26(27)28)21-9-11-23(12-10-21)29-16-20(5)17-30-25-14-19(4)8-13-24(25)18(2)3;1-3-4-11(9-13(15)16-2)10-5-7-12(14)8-6-10/h8-14,18,20,22H,15-17H2,1-5H3,(H,27,28);5-8,11,14H,9H2,1-2H3. The molecule has 244 valence electrons. The van der Waals surface area contributed by atoms with E-state index < -0.39 is 5.97 Å². The topological polar surface area (TPSA) is 102 Å². The van der Waals surface area contributed by atoms with E-state index in [1.54, 1.807) is 38.1 Å². The van der Waals surface area contributed by atoms with Crippen LogP contribution < -0.4 is 9.47 Å². The van der Waals surface area contributed by atoms with Crippen LogP contribution in [0.3, 0.4) is 0 Å². The van der Waals surface area contributed by atoms with Crippen molar-refractivity contribution in [2.24, 2.45) is 5.92 Å². The molecule has 0 heterocycles. The number of rotatable bonds is 13. The van der Waals surface area contributed by atoms with Crippen molar-refractivity contribution in [2.75, 3.05) is 20.3 Å². The number of hydrogen-bond acceptors (Lipinski definition) is 6. The van der Waals surface area contributed by atoms with E-state index in [2.05, 4.69) is 74.3 Å². The molecule has 0 amide bonds. The number of phenolic OH excluding ortho intramolecular Hbond substituents is 1. The fraction of sp³-hybridized carbons (Fsp3) is 0.385. The van der Waals surface area contributed by atoms with Crippen LogP contribution in [0.5, 0.6) is 17.2 Å². The average molecular weight is 627 g/mol. The number of carboxylic acids is 1. The summed E-state index contributed by atoms with van der Waals surface area (Å²) >= 11 is 0. The van der Waals surface area contributed by atoms with E-state index in [-0.39, 0.29) is 42.3 Å². The molecule has 0 saturated heterocycles. The van der Waals surface area contributed by atoms with Gasteiger partial charge in [-0.25, -0.2) is 0 Å². The molecule has 0 aliphatic carbocycles. The Hall–Kier alpha value is -4.88. The molecule has 3 atom stereocenters. The van der Waals surface area contributed by atoms with E-state index >= 15 is 0 Å². The molecule has 0 aliphatic heterocycles. The van der Waals surface area contributed by atoms with Crippen LogP contribution in [0.15, 0.2) is 66.7 Å². The Morgan fingerprint density at radius 1 is 0.783 bits per heavy atom. The molecule has 7 nitrogen and oxygen atoms in total. The van der Waals surface area contributed by atoms with Gasteiger partial charge in [0.25, 0.3) is 0 Å². The number of carboxylic acid groups (broad SMARTS) is 1. The van der Waals surface area contributed by atoms with Gasteiger partial charge in [-0.2, -0.15) is 0 Å². The van der Waals surface area contributed by atoms with Gasteiger partial charge in [-0.05, 0) is 79.3 Å². The number of carbonyl (C=O) groups is 2. The summed E-state index contributed by atoms with van der Waals surface area (Å²) in [5.41, 5.74) is 4.19. The normalized spacial score (nSPS) is 12.1. The number of aryl methyl sites for hydroxylation is 1. The van der Waals surface area contributed by atoms with E-state index in [1.807, 2.05) is 24.3 Å². The fourth-order valence-corrected chi connectivity index (χ4v) is 4.54. The van der Waals surface area contributed by atoms with Crippen LogP contribution in [0.25, 0.3) is 0 Å². The molecule has 0 spiro atoms. The van der Waals surface area contributed by atoms with Crippen molar-refractivity contribution in [1.82, 2.24) is 0 Å². The number of phenols is 1. The van der Waals surface area contributed by atoms with Crippen molar-refractivity contribution in [3.8, 4) is 40.9 Å². The molecule has 0 radical (unpaired) electrons. The highest BCUT2D eigenvalue weighted by Gasteiger charge is 2.15. The van der Waals surface area contributed by atoms with Crippen LogP contribution in [0.2, 0.25) is 0 Å². The highest BCUT2D eigenvalue weighted by atomic mass is 16.5. The van der Waals surface area contributed by atoms with Gasteiger partial charge in [0.1, 0.15) is 17.2 Å². The van der Waals surface area contributed by atoms with Gasteiger partial charge in [0.05, 0.1) is 45.0 Å². The first-order valence-electron chi connectivity index (χ1n) is 15.3. The molecule has 3 aromatic rings. The Morgan fingerprint density at radius 3 is 1.85 bits per heavy atom. The van der Waals surface area contributed by atoms with Gasteiger partial charge in [0, 0.05) is 5.92 Å². The zero-order valence-corrected chi connectivity index (χ0v) is 27.9. The first kappa shape index (κ1) is 37.3. The highest BCUT2D eigenvalue weighted by Crippen LogP contribution is 2.28. The molecule has 3 rings (SSSR count). The van der Waals surface area contributed by atoms with Crippen LogP contribution in [0.1, 0.15) is 87.5 Å². The third-order valence-electron chi connectivity index (χ3n) is 7.04. The number of ether oxygens (including phenoxy) is 3. The zero-order valence-electron chi connectivity index (χ0n) is 27.9. The first-order valence-corrected chi connectivity index (χ1v) is 15.3. The van der Waals surface area contributed by atoms with Crippen molar-refractivity contribution < 1.29 is 34.0 Å². The van der Waals surface area contributed by atoms with Gasteiger partial charge in [0.2, 0.25) is 0 Å². The Kier molecular flexibility index (Phi) is 15.8. The van der Waals surface area contributed by atoms with Crippen LogP contribution in [0.4, 0.5) is 0 Å². The summed E-state index contributed by atoms with van der Waals surface area (Å²) in [6.45, 7) is 13.1. The maximum Gasteiger partial charge on any atom is 0.307 e. The third kappa shape index (κ3) is 13.0. The van der Waals surface area contributed by atoms with E-state index in [0.29, 0.717) is 19.1 Å². The second-order valence-corrected chi connectivity index (χ2v) is 11.4. The second kappa shape index (κ2) is 19.5. The minimum absolute atomic E-state index is 0.00720. The lowest BCUT2D eigenvalue weighted by Crippen LogP contribution is -2.17. The monoisotopic (exact) mass is 626 g/mol. The summed E-state index contributed by atoms with van der Waals surface area (Å²) in [5.74, 6) is 12.4. The largest absolute Gasteiger partial charge is 0.508 e. The van der Waals surface area contributed by atoms with E-state index in [0.717, 1.165) is 22.6 Å². The summed E-state index contributed by atoms with van der Waals surface area (Å²) in [5, 5.41) is 18.2. The van der Waals surface area contributed by atoms with Crippen molar-refractivity contribution in [1.29, 1.82) is 0 Å². The molecule has 0 bridgehead atoms. The van der Waals surface area contributed by atoms with Gasteiger partial charge in [-0.3, -0.25) is 9.59 Å². The quantitative estimate of drug-likeness (QED) is 0.147. The Labute approximate surface area is 273 Å². The predicted octanol–water partition coefficient (Wildman–Crippen LogP) is 7.86. The van der Waals surface area contributed by atoms with Gasteiger partial charge < -0.3 is 24.4 Å². The molecular formula is C39H46O7. The van der Waals surface area contributed by atoms with Crippen molar-refractivity contribution in [3.63, 3.8) is 0 Å². The minimum atomic E-state index is -0.855. The Morgan fingerprint density at radius 2 is 1.33 bits per heavy atom. The smallest absolute Gasteiger partial charge is 0.307 e. The number of methoxy groups -OCH3 is 1. The Balaban J connectivity index is 0.000000387. The molecule has 0 aliphatic rings. The van der Waals surface area contributed by atoms with Gasteiger partial charge in [-0.1, -0.05) is 69.0 Å². The molecule has 7 heteroatoms. The Bertz CT molecular complexity index is 1520. The van der Waals surface area contributed by atoms with Crippen LogP contribution in [-0.2, 0) is 14.3 Å². The lowest BCUT2D eigenvalue weighted by Gasteiger charge is -2.18. The lowest BCUT2D eigenvalue weighted by molar-refractivity contribution is -0.141. The molecule has 46 heavy (non-hydrogen) atoms. The molecule has 0 saturated carbocycles. The number of carbonyl (C=O) groups excluding carboxylic acids is 1. The lowest BCUT2D eigenvalue weighted by atomic mass is 9.96. The third-order valence-corrected chi connectivity index (χ3v) is 7.04. The predicted molar refractivity (Wildman–Crippen MR) is 181 cm³/mol. The average Bonchev–Trinajstić information content (AvgIpc) is 3.03. The zero-order chi connectivity index (χ0) is 34.1. The summed E-state index contributed by atoms with van der Waals surface area (Å²) < 4.78 is 16.6. The van der Waals surface area contributed by atoms with E-state index in [1.165, 1.54) is 18.2 Å². The maximum absolute atomic E-state index is 11.2. The fourth-order valence-electron chi connectivity index (χ4n) is 4.54. The van der Waals surface area contributed by atoms with Crippen molar-refractivity contribution >= 4 is 11.9 Å². The SMILES string of the molecule is CC#CC(CC(=O)O)c1ccc(OCC(C)COc2cc(C)ccc2C(C)C)cc1.CC#CC(CC(=O)OC)c1ccc(O)cc1. The number of hydrogen-bond donors (Lipinski definition) is 2. The maximum atomic E-state index is 11.2. The minimum Gasteiger partial charge on any atom is -0.508 e. The van der Waals surface area contributed by atoms with E-state index in [4.69, 9.17) is 19.7 Å². The summed E-state index contributed by atoms with van der Waals surface area (Å²) in [6, 6.07) is 20.5. The molecule has 2 N–H and O–H groups in total. The number of benzene rings is 3. The first-order chi connectivity index (χ1) is 22.0. The van der Waals surface area contributed by atoms with Crippen LogP contribution >= 0.6 is 0 Å². The summed E-state index contributed by atoms with van der Waals surface area (Å²) in [7, 11) is 1.36. The molecule has 3 aromatic carbocycles. The van der Waals surface area contributed by atoms with Gasteiger partial charge >= 0.3 is 11.9 Å². The highest BCUT2D eigenvalue weighted by molar-refractivity contribution is 5.71. The molecule has 3 unspecified atom stereocenters. The van der Waals surface area contributed by atoms with Crippen molar-refractivity contribution in [3.05, 3.63) is 89.0 Å². The van der Waals surface area contributed by atoms with Crippen LogP contribution in [-0.4, -0.2) is 42.5 Å². The summed E-state index contributed by atoms with van der Waals surface area (Å²) in [4.78, 5) is 22.2. The van der Waals surface area contributed by atoms with Gasteiger partial charge in [0.15, 0.2) is 0 Å². The second-order valence-electron chi connectivity index (χ2n) is 11.4. The number of aromatic hydroxyl groups is 1. The van der Waals surface area contributed by atoms with Crippen molar-refractivity contribution in [2.45, 2.75) is 72.1 Å². The molecule has 0 fully saturated rings. The van der Waals surface area contributed by atoms with E-state index in [9.17, 15) is 9.59 Å².